The second-order valence-corrected chi connectivity index (χ2v) is 4.35. The Morgan fingerprint density at radius 1 is 1.29 bits per heavy atom. The summed E-state index contributed by atoms with van der Waals surface area (Å²) in [6.45, 7) is 7.48. The maximum atomic E-state index is 12.3. The van der Waals surface area contributed by atoms with Gasteiger partial charge in [0.15, 0.2) is 5.78 Å². The molecule has 0 unspecified atom stereocenters. The van der Waals surface area contributed by atoms with E-state index in [2.05, 4.69) is 18.7 Å². The summed E-state index contributed by atoms with van der Waals surface area (Å²) >= 11 is 0. The van der Waals surface area contributed by atoms with Gasteiger partial charge < -0.3 is 9.64 Å². The van der Waals surface area contributed by atoms with E-state index in [0.717, 1.165) is 30.9 Å². The quantitative estimate of drug-likeness (QED) is 0.798. The molecule has 0 fully saturated rings. The summed E-state index contributed by atoms with van der Waals surface area (Å²) < 4.78 is 5.65. The van der Waals surface area contributed by atoms with Crippen LogP contribution in [0.4, 0.5) is 0 Å². The van der Waals surface area contributed by atoms with Crippen LogP contribution in [0.2, 0.25) is 0 Å². The van der Waals surface area contributed by atoms with Crippen LogP contribution in [-0.4, -0.2) is 36.9 Å². The number of rotatable bonds is 4. The molecule has 1 atom stereocenters. The van der Waals surface area contributed by atoms with E-state index in [9.17, 15) is 4.79 Å². The number of ketones is 1. The average molecular weight is 233 g/mol. The van der Waals surface area contributed by atoms with Crippen molar-refractivity contribution in [2.24, 2.45) is 5.92 Å². The first kappa shape index (κ1) is 12.1. The Balaban J connectivity index is 2.12. The summed E-state index contributed by atoms with van der Waals surface area (Å²) in [6, 6.07) is 7.50. The largest absolute Gasteiger partial charge is 0.492 e. The maximum Gasteiger partial charge on any atom is 0.174 e. The number of carbonyl (C=O) groups is 1. The van der Waals surface area contributed by atoms with Crippen LogP contribution in [0.1, 0.15) is 24.2 Å². The Hall–Kier alpha value is -1.35. The molecule has 3 heteroatoms. The van der Waals surface area contributed by atoms with Crippen LogP contribution >= 0.6 is 0 Å². The van der Waals surface area contributed by atoms with Crippen molar-refractivity contribution in [3.8, 4) is 5.75 Å². The molecule has 3 nitrogen and oxygen atoms in total. The summed E-state index contributed by atoms with van der Waals surface area (Å²) in [4.78, 5) is 14.5. The molecule has 0 saturated carbocycles. The van der Waals surface area contributed by atoms with Gasteiger partial charge in [0.1, 0.15) is 5.75 Å². The second-order valence-electron chi connectivity index (χ2n) is 4.35. The Morgan fingerprint density at radius 2 is 2.00 bits per heavy atom. The first-order valence-electron chi connectivity index (χ1n) is 6.24. The van der Waals surface area contributed by atoms with Crippen LogP contribution < -0.4 is 4.74 Å². The first-order valence-corrected chi connectivity index (χ1v) is 6.24. The van der Waals surface area contributed by atoms with Crippen LogP contribution in [0.3, 0.4) is 0 Å². The molecule has 1 aliphatic heterocycles. The molecule has 0 bridgehead atoms. The van der Waals surface area contributed by atoms with Gasteiger partial charge in [0.05, 0.1) is 18.1 Å². The highest BCUT2D eigenvalue weighted by atomic mass is 16.5. The Bertz CT molecular complexity index is 399. The molecule has 0 aromatic heterocycles. The summed E-state index contributed by atoms with van der Waals surface area (Å²) in [5, 5.41) is 0. The molecular formula is C14H19NO2. The van der Waals surface area contributed by atoms with Crippen molar-refractivity contribution in [3.05, 3.63) is 29.8 Å². The third kappa shape index (κ3) is 2.50. The maximum absolute atomic E-state index is 12.3. The van der Waals surface area contributed by atoms with E-state index < -0.39 is 0 Å². The minimum atomic E-state index is -0.0233. The van der Waals surface area contributed by atoms with E-state index in [-0.39, 0.29) is 11.7 Å². The van der Waals surface area contributed by atoms with Gasteiger partial charge in [-0.3, -0.25) is 4.79 Å². The zero-order chi connectivity index (χ0) is 12.3. The van der Waals surface area contributed by atoms with E-state index in [4.69, 9.17) is 4.74 Å². The Labute approximate surface area is 102 Å². The monoisotopic (exact) mass is 233 g/mol. The number of Topliss-reactive ketones (excluding diaryl/α,β-unsaturated/α-hetero) is 1. The number of hydrogen-bond donors (Lipinski definition) is 0. The van der Waals surface area contributed by atoms with Gasteiger partial charge in [0.2, 0.25) is 0 Å². The third-order valence-electron chi connectivity index (χ3n) is 3.34. The molecule has 1 aliphatic rings. The van der Waals surface area contributed by atoms with Crippen LogP contribution in [0.5, 0.6) is 5.75 Å². The molecule has 0 spiro atoms. The lowest BCUT2D eigenvalue weighted by atomic mass is 9.94. The van der Waals surface area contributed by atoms with Gasteiger partial charge in [-0.2, -0.15) is 0 Å². The van der Waals surface area contributed by atoms with E-state index >= 15 is 0 Å². The van der Waals surface area contributed by atoms with Crippen molar-refractivity contribution < 1.29 is 9.53 Å². The number of nitrogens with zero attached hydrogens (tertiary/aromatic N) is 1. The summed E-state index contributed by atoms with van der Waals surface area (Å²) in [6.07, 6.45) is 0. The van der Waals surface area contributed by atoms with Gasteiger partial charge in [0, 0.05) is 6.54 Å². The lowest BCUT2D eigenvalue weighted by molar-refractivity contribution is 0.0775. The van der Waals surface area contributed by atoms with Crippen LogP contribution in [-0.2, 0) is 0 Å². The minimum absolute atomic E-state index is 0.0233. The predicted molar refractivity (Wildman–Crippen MR) is 67.5 cm³/mol. The highest BCUT2D eigenvalue weighted by Crippen LogP contribution is 2.27. The minimum Gasteiger partial charge on any atom is -0.492 e. The Kier molecular flexibility index (Phi) is 3.79. The highest BCUT2D eigenvalue weighted by molar-refractivity contribution is 6.01. The molecule has 2 rings (SSSR count). The lowest BCUT2D eigenvalue weighted by Crippen LogP contribution is -2.38. The summed E-state index contributed by atoms with van der Waals surface area (Å²) in [7, 11) is 0. The summed E-state index contributed by atoms with van der Waals surface area (Å²) in [5.74, 6) is 0.928. The number of hydrogen-bond acceptors (Lipinski definition) is 3. The standard InChI is InChI=1S/C14H19NO2/c1-3-15(4-2)9-11-10-17-13-8-6-5-7-12(13)14(11)16/h5-8,11H,3-4,9-10H2,1-2H3/t11-/m1/s1. The molecule has 92 valence electrons. The van der Waals surface area contributed by atoms with E-state index in [1.165, 1.54) is 0 Å². The third-order valence-corrected chi connectivity index (χ3v) is 3.34. The number of para-hydroxylation sites is 1. The second kappa shape index (κ2) is 5.32. The van der Waals surface area contributed by atoms with Crippen molar-refractivity contribution in [2.75, 3.05) is 26.2 Å². The molecule has 17 heavy (non-hydrogen) atoms. The van der Waals surface area contributed by atoms with Crippen molar-refractivity contribution in [2.45, 2.75) is 13.8 Å². The lowest BCUT2D eigenvalue weighted by Gasteiger charge is -2.28. The fourth-order valence-corrected chi connectivity index (χ4v) is 2.21. The molecule has 0 saturated heterocycles. The Morgan fingerprint density at radius 3 is 2.71 bits per heavy atom. The normalized spacial score (nSPS) is 19.0. The SMILES string of the molecule is CCN(CC)C[C@@H]1COc2ccccc2C1=O. The van der Waals surface area contributed by atoms with Gasteiger partial charge in [-0.1, -0.05) is 26.0 Å². The van der Waals surface area contributed by atoms with Crippen molar-refractivity contribution in [1.82, 2.24) is 4.90 Å². The number of ether oxygens (including phenoxy) is 1. The van der Waals surface area contributed by atoms with Crippen LogP contribution in [0.15, 0.2) is 24.3 Å². The molecule has 0 radical (unpaired) electrons. The van der Waals surface area contributed by atoms with Crippen LogP contribution in [0.25, 0.3) is 0 Å². The molecule has 0 N–H and O–H groups in total. The molecule has 1 aromatic carbocycles. The fourth-order valence-electron chi connectivity index (χ4n) is 2.21. The zero-order valence-electron chi connectivity index (χ0n) is 10.5. The zero-order valence-corrected chi connectivity index (χ0v) is 10.5. The predicted octanol–water partition coefficient (Wildman–Crippen LogP) is 2.22. The number of benzene rings is 1. The fraction of sp³-hybridized carbons (Fsp3) is 0.500. The molecule has 1 heterocycles. The summed E-state index contributed by atoms with van der Waals surface area (Å²) in [5.41, 5.74) is 0.732. The van der Waals surface area contributed by atoms with Gasteiger partial charge in [-0.05, 0) is 25.2 Å². The molecular weight excluding hydrogens is 214 g/mol. The van der Waals surface area contributed by atoms with Crippen molar-refractivity contribution in [1.29, 1.82) is 0 Å². The van der Waals surface area contributed by atoms with E-state index in [0.29, 0.717) is 6.61 Å². The van der Waals surface area contributed by atoms with Gasteiger partial charge in [-0.25, -0.2) is 0 Å². The average Bonchev–Trinajstić information content (AvgIpc) is 2.38. The number of carbonyl (C=O) groups excluding carboxylic acids is 1. The number of fused-ring (bicyclic) bond motifs is 1. The first-order chi connectivity index (χ1) is 8.26. The highest BCUT2D eigenvalue weighted by Gasteiger charge is 2.29. The van der Waals surface area contributed by atoms with Gasteiger partial charge in [0.25, 0.3) is 0 Å². The molecule has 1 aromatic rings. The van der Waals surface area contributed by atoms with E-state index in [1.54, 1.807) is 0 Å². The van der Waals surface area contributed by atoms with Crippen molar-refractivity contribution >= 4 is 5.78 Å². The smallest absolute Gasteiger partial charge is 0.174 e. The van der Waals surface area contributed by atoms with Crippen LogP contribution in [0, 0.1) is 5.92 Å². The topological polar surface area (TPSA) is 29.5 Å². The van der Waals surface area contributed by atoms with Crippen molar-refractivity contribution in [3.63, 3.8) is 0 Å². The van der Waals surface area contributed by atoms with Gasteiger partial charge >= 0.3 is 0 Å². The molecule has 0 aliphatic carbocycles. The van der Waals surface area contributed by atoms with Gasteiger partial charge in [-0.15, -0.1) is 0 Å². The van der Waals surface area contributed by atoms with E-state index in [1.807, 2.05) is 24.3 Å². The molecule has 0 amide bonds.